The summed E-state index contributed by atoms with van der Waals surface area (Å²) in [6.07, 6.45) is -0.247. The molecule has 3 rings (SSSR count). The number of carbonyl (C=O) groups excluding carboxylic acids is 2. The number of carboxylic acid groups (broad SMARTS) is 1. The van der Waals surface area contributed by atoms with Gasteiger partial charge in [0, 0.05) is 31.9 Å². The van der Waals surface area contributed by atoms with Crippen LogP contribution in [0.3, 0.4) is 0 Å². The van der Waals surface area contributed by atoms with Crippen molar-refractivity contribution in [3.05, 3.63) is 83.4 Å². The van der Waals surface area contributed by atoms with Crippen molar-refractivity contribution in [2.24, 2.45) is 0 Å². The van der Waals surface area contributed by atoms with Crippen LogP contribution in [-0.4, -0.2) is 49.8 Å². The molecule has 0 radical (unpaired) electrons. The van der Waals surface area contributed by atoms with Gasteiger partial charge in [-0.05, 0) is 61.4 Å². The number of nitrogens with one attached hydrogen (secondary N) is 3. The second-order valence-electron chi connectivity index (χ2n) is 8.83. The predicted molar refractivity (Wildman–Crippen MR) is 145 cm³/mol. The van der Waals surface area contributed by atoms with Crippen molar-refractivity contribution in [2.45, 2.75) is 26.5 Å². The van der Waals surface area contributed by atoms with Gasteiger partial charge in [0.15, 0.2) is 5.78 Å². The van der Waals surface area contributed by atoms with Crippen LogP contribution in [0, 0.1) is 6.92 Å². The Morgan fingerprint density at radius 2 is 1.68 bits per heavy atom. The number of amides is 2. The molecule has 3 aromatic carbocycles. The molecule has 0 saturated carbocycles. The van der Waals surface area contributed by atoms with E-state index in [1.807, 2.05) is 31.2 Å². The lowest BCUT2D eigenvalue weighted by molar-refractivity contribution is -0.118. The molecule has 3 aromatic rings. The molecule has 2 amide bonds. The first-order valence-electron chi connectivity index (χ1n) is 11.8. The molecule has 0 aromatic heterocycles. The van der Waals surface area contributed by atoms with Crippen LogP contribution in [0.5, 0.6) is 5.75 Å². The van der Waals surface area contributed by atoms with Gasteiger partial charge in [-0.3, -0.25) is 10.1 Å². The van der Waals surface area contributed by atoms with Gasteiger partial charge in [-0.25, -0.2) is 9.59 Å². The van der Waals surface area contributed by atoms with Gasteiger partial charge in [0.1, 0.15) is 12.0 Å². The maximum Gasteiger partial charge on any atom is 0.335 e. The maximum absolute atomic E-state index is 12.5. The Morgan fingerprint density at radius 3 is 2.32 bits per heavy atom. The van der Waals surface area contributed by atoms with E-state index >= 15 is 0 Å². The summed E-state index contributed by atoms with van der Waals surface area (Å²) in [5.74, 6) is -0.528. The lowest BCUT2D eigenvalue weighted by Gasteiger charge is -2.22. The SMILES string of the molecule is Cc1ccccc1NC(=O)Nc1ccc(CC(=O)CNC(C)Oc2ccc(C(=O)O)cc2N(C)C)cc1. The molecule has 0 saturated heterocycles. The average molecular weight is 505 g/mol. The zero-order valence-electron chi connectivity index (χ0n) is 21.4. The number of carbonyl (C=O) groups is 3. The molecule has 194 valence electrons. The van der Waals surface area contributed by atoms with Gasteiger partial charge in [-0.2, -0.15) is 0 Å². The lowest BCUT2D eigenvalue weighted by Crippen LogP contribution is -2.36. The zero-order chi connectivity index (χ0) is 26.9. The van der Waals surface area contributed by atoms with E-state index in [9.17, 15) is 19.5 Å². The summed E-state index contributed by atoms with van der Waals surface area (Å²) in [6.45, 7) is 3.80. The molecule has 1 atom stereocenters. The fraction of sp³-hybridized carbons (Fsp3) is 0.250. The largest absolute Gasteiger partial charge is 0.478 e. The molecule has 0 aliphatic carbocycles. The number of aromatic carboxylic acids is 1. The Bertz CT molecular complexity index is 1260. The topological polar surface area (TPSA) is 120 Å². The fourth-order valence-corrected chi connectivity index (χ4v) is 3.58. The van der Waals surface area contributed by atoms with Crippen LogP contribution < -0.4 is 25.6 Å². The van der Waals surface area contributed by atoms with E-state index in [1.54, 1.807) is 62.3 Å². The number of anilines is 3. The molecule has 0 spiro atoms. The van der Waals surface area contributed by atoms with Gasteiger partial charge >= 0.3 is 12.0 Å². The third-order valence-corrected chi connectivity index (χ3v) is 5.58. The monoisotopic (exact) mass is 504 g/mol. The molecule has 9 heteroatoms. The van der Waals surface area contributed by atoms with E-state index in [0.717, 1.165) is 16.8 Å². The van der Waals surface area contributed by atoms with E-state index in [2.05, 4.69) is 16.0 Å². The van der Waals surface area contributed by atoms with Gasteiger partial charge in [0.05, 0.1) is 17.8 Å². The van der Waals surface area contributed by atoms with Crippen molar-refractivity contribution in [3.8, 4) is 5.75 Å². The van der Waals surface area contributed by atoms with Crippen molar-refractivity contribution >= 4 is 34.8 Å². The highest BCUT2D eigenvalue weighted by Crippen LogP contribution is 2.29. The van der Waals surface area contributed by atoms with Crippen molar-refractivity contribution in [2.75, 3.05) is 36.2 Å². The quantitative estimate of drug-likeness (QED) is 0.283. The number of benzene rings is 3. The van der Waals surface area contributed by atoms with E-state index in [1.165, 1.54) is 6.07 Å². The minimum atomic E-state index is -1.01. The summed E-state index contributed by atoms with van der Waals surface area (Å²) in [6, 6.07) is 18.9. The molecule has 37 heavy (non-hydrogen) atoms. The van der Waals surface area contributed by atoms with Crippen LogP contribution in [0.1, 0.15) is 28.4 Å². The number of ketones is 1. The number of Topliss-reactive ketones (excluding diaryl/α,β-unsaturated/α-hetero) is 1. The molecule has 1 unspecified atom stereocenters. The number of aryl methyl sites for hydroxylation is 1. The van der Waals surface area contributed by atoms with Crippen molar-refractivity contribution < 1.29 is 24.2 Å². The number of nitrogens with zero attached hydrogens (tertiary/aromatic N) is 1. The number of ether oxygens (including phenoxy) is 1. The van der Waals surface area contributed by atoms with E-state index in [0.29, 0.717) is 17.1 Å². The number of carboxylic acids is 1. The second-order valence-corrected chi connectivity index (χ2v) is 8.83. The highest BCUT2D eigenvalue weighted by Gasteiger charge is 2.14. The molecule has 0 aliphatic rings. The summed E-state index contributed by atoms with van der Waals surface area (Å²) in [5, 5.41) is 17.9. The summed E-state index contributed by atoms with van der Waals surface area (Å²) in [4.78, 5) is 37.8. The molecule has 9 nitrogen and oxygen atoms in total. The average Bonchev–Trinajstić information content (AvgIpc) is 2.85. The Labute approximate surface area is 216 Å². The van der Waals surface area contributed by atoms with Gasteiger partial charge in [-0.15, -0.1) is 0 Å². The van der Waals surface area contributed by atoms with Crippen molar-refractivity contribution in [1.82, 2.24) is 5.32 Å². The second kappa shape index (κ2) is 12.5. The van der Waals surface area contributed by atoms with Crippen LogP contribution in [0.25, 0.3) is 0 Å². The van der Waals surface area contributed by atoms with Crippen LogP contribution in [-0.2, 0) is 11.2 Å². The van der Waals surface area contributed by atoms with Gasteiger partial charge < -0.3 is 25.4 Å². The third kappa shape index (κ3) is 8.08. The minimum absolute atomic E-state index is 0.0255. The summed E-state index contributed by atoms with van der Waals surface area (Å²) < 4.78 is 5.90. The maximum atomic E-state index is 12.5. The summed E-state index contributed by atoms with van der Waals surface area (Å²) >= 11 is 0. The fourth-order valence-electron chi connectivity index (χ4n) is 3.58. The third-order valence-electron chi connectivity index (χ3n) is 5.58. The molecule has 4 N–H and O–H groups in total. The standard InChI is InChI=1S/C28H32N4O5/c1-18-7-5-6-8-24(18)31-28(36)30-22-12-9-20(10-13-22)15-23(33)17-29-19(2)37-26-14-11-21(27(34)35)16-25(26)32(3)4/h5-14,16,19,29H,15,17H2,1-4H3,(H,34,35)(H2,30,31,36). The summed E-state index contributed by atoms with van der Waals surface area (Å²) in [7, 11) is 3.60. The number of hydrogen-bond acceptors (Lipinski definition) is 6. The minimum Gasteiger partial charge on any atom is -0.478 e. The molecule has 0 heterocycles. The number of urea groups is 1. The molecular weight excluding hydrogens is 472 g/mol. The summed E-state index contributed by atoms with van der Waals surface area (Å²) in [5.41, 5.74) is 3.94. The smallest absolute Gasteiger partial charge is 0.335 e. The van der Waals surface area contributed by atoms with Crippen LogP contribution in [0.2, 0.25) is 0 Å². The normalized spacial score (nSPS) is 11.4. The highest BCUT2D eigenvalue weighted by molar-refractivity contribution is 6.00. The predicted octanol–water partition coefficient (Wildman–Crippen LogP) is 4.53. The molecule has 0 aliphatic heterocycles. The molecule has 0 fully saturated rings. The zero-order valence-corrected chi connectivity index (χ0v) is 21.4. The van der Waals surface area contributed by atoms with Gasteiger partial charge in [0.25, 0.3) is 0 Å². The Hall–Kier alpha value is -4.37. The first kappa shape index (κ1) is 27.2. The van der Waals surface area contributed by atoms with E-state index in [-0.39, 0.29) is 30.3 Å². The lowest BCUT2D eigenvalue weighted by atomic mass is 10.1. The van der Waals surface area contributed by atoms with Crippen LogP contribution in [0.15, 0.2) is 66.7 Å². The number of para-hydroxylation sites is 1. The Morgan fingerprint density at radius 1 is 0.973 bits per heavy atom. The van der Waals surface area contributed by atoms with Gasteiger partial charge in [-0.1, -0.05) is 30.3 Å². The van der Waals surface area contributed by atoms with Crippen molar-refractivity contribution in [1.29, 1.82) is 0 Å². The highest BCUT2D eigenvalue weighted by atomic mass is 16.5. The van der Waals surface area contributed by atoms with E-state index < -0.39 is 12.2 Å². The van der Waals surface area contributed by atoms with Crippen LogP contribution in [0.4, 0.5) is 21.9 Å². The van der Waals surface area contributed by atoms with Crippen molar-refractivity contribution in [3.63, 3.8) is 0 Å². The Balaban J connectivity index is 1.47. The molecular formula is C28H32N4O5. The van der Waals surface area contributed by atoms with Gasteiger partial charge in [0.2, 0.25) is 0 Å². The Kier molecular flexibility index (Phi) is 9.23. The number of hydrogen-bond donors (Lipinski definition) is 4. The molecule has 0 bridgehead atoms. The van der Waals surface area contributed by atoms with Crippen LogP contribution >= 0.6 is 0 Å². The van der Waals surface area contributed by atoms with E-state index in [4.69, 9.17) is 4.74 Å². The first-order chi connectivity index (χ1) is 17.6. The first-order valence-corrected chi connectivity index (χ1v) is 11.8. The number of rotatable bonds is 11.